The Morgan fingerprint density at radius 1 is 1.15 bits per heavy atom. The van der Waals surface area contributed by atoms with Crippen LogP contribution in [0.2, 0.25) is 0 Å². The molecule has 2 aromatic rings. The van der Waals surface area contributed by atoms with E-state index in [-0.39, 0.29) is 16.8 Å². The van der Waals surface area contributed by atoms with Crippen molar-refractivity contribution in [2.24, 2.45) is 0 Å². The van der Waals surface area contributed by atoms with E-state index >= 15 is 0 Å². The summed E-state index contributed by atoms with van der Waals surface area (Å²) in [5, 5.41) is 8.83. The smallest absolute Gasteiger partial charge is 0.253 e. The van der Waals surface area contributed by atoms with Gasteiger partial charge in [-0.2, -0.15) is 5.26 Å². The number of nitrogens with zero attached hydrogens (tertiary/aromatic N) is 2. The van der Waals surface area contributed by atoms with Gasteiger partial charge in [-0.05, 0) is 55.3 Å². The second kappa shape index (κ2) is 8.80. The first-order valence-corrected chi connectivity index (χ1v) is 10.1. The monoisotopic (exact) mass is 385 g/mol. The van der Waals surface area contributed by atoms with E-state index in [0.717, 1.165) is 5.56 Å². The molecule has 0 spiro atoms. The van der Waals surface area contributed by atoms with Crippen LogP contribution in [0.1, 0.15) is 41.8 Å². The van der Waals surface area contributed by atoms with E-state index in [2.05, 4.69) is 10.8 Å². The highest BCUT2D eigenvalue weighted by molar-refractivity contribution is 7.89. The maximum absolute atomic E-state index is 12.6. The van der Waals surface area contributed by atoms with Gasteiger partial charge in [-0.3, -0.25) is 4.79 Å². The molecule has 2 aromatic carbocycles. The van der Waals surface area contributed by atoms with Crippen LogP contribution < -0.4 is 4.72 Å². The van der Waals surface area contributed by atoms with E-state index in [1.165, 1.54) is 24.3 Å². The third-order valence-corrected chi connectivity index (χ3v) is 5.84. The first-order chi connectivity index (χ1) is 12.8. The number of rotatable bonds is 7. The summed E-state index contributed by atoms with van der Waals surface area (Å²) in [6.07, 6.45) is 0.690. The number of carbonyl (C=O) groups is 1. The van der Waals surface area contributed by atoms with Crippen molar-refractivity contribution in [2.45, 2.75) is 37.8 Å². The zero-order valence-corrected chi connectivity index (χ0v) is 16.5. The van der Waals surface area contributed by atoms with Crippen LogP contribution in [0.5, 0.6) is 0 Å². The summed E-state index contributed by atoms with van der Waals surface area (Å²) in [6.45, 7) is 4.09. The van der Waals surface area contributed by atoms with E-state index < -0.39 is 10.0 Å². The summed E-state index contributed by atoms with van der Waals surface area (Å²) in [5.41, 5.74) is 1.88. The molecule has 0 saturated carbocycles. The van der Waals surface area contributed by atoms with E-state index in [1.807, 2.05) is 6.92 Å². The topological polar surface area (TPSA) is 90.3 Å². The van der Waals surface area contributed by atoms with Gasteiger partial charge < -0.3 is 4.90 Å². The average Bonchev–Trinajstić information content (AvgIpc) is 2.67. The van der Waals surface area contributed by atoms with Crippen LogP contribution in [-0.2, 0) is 16.6 Å². The predicted octanol–water partition coefficient (Wildman–Crippen LogP) is 2.91. The maximum atomic E-state index is 12.6. The molecule has 1 atom stereocenters. The van der Waals surface area contributed by atoms with Gasteiger partial charge in [0.2, 0.25) is 10.0 Å². The highest BCUT2D eigenvalue weighted by atomic mass is 32.2. The number of benzene rings is 2. The van der Waals surface area contributed by atoms with Crippen LogP contribution in [0.3, 0.4) is 0 Å². The Morgan fingerprint density at radius 2 is 1.74 bits per heavy atom. The Hall–Kier alpha value is -2.69. The number of hydrogen-bond donors (Lipinski definition) is 1. The first kappa shape index (κ1) is 20.6. The van der Waals surface area contributed by atoms with Gasteiger partial charge in [-0.15, -0.1) is 0 Å². The molecular formula is C20H23N3O3S. The molecule has 0 bridgehead atoms. The first-order valence-electron chi connectivity index (χ1n) is 8.63. The molecule has 1 N–H and O–H groups in total. The Labute approximate surface area is 160 Å². The number of amides is 1. The fourth-order valence-corrected chi connectivity index (χ4v) is 3.77. The summed E-state index contributed by atoms with van der Waals surface area (Å²) >= 11 is 0. The van der Waals surface area contributed by atoms with Crippen molar-refractivity contribution >= 4 is 15.9 Å². The molecule has 7 heteroatoms. The number of sulfonamides is 1. The molecule has 1 unspecified atom stereocenters. The van der Waals surface area contributed by atoms with Gasteiger partial charge in [0, 0.05) is 25.2 Å². The number of nitrogens with one attached hydrogen (secondary N) is 1. The molecule has 0 heterocycles. The van der Waals surface area contributed by atoms with Crippen molar-refractivity contribution in [2.75, 3.05) is 7.05 Å². The minimum absolute atomic E-state index is 0.133. The van der Waals surface area contributed by atoms with Gasteiger partial charge in [-0.25, -0.2) is 13.1 Å². The SMILES string of the molecule is CCC(C)NS(=O)(=O)c1ccc(C(=O)N(C)Cc2ccc(C#N)cc2)cc1. The van der Waals surface area contributed by atoms with E-state index in [0.29, 0.717) is 24.1 Å². The molecule has 0 saturated heterocycles. The summed E-state index contributed by atoms with van der Waals surface area (Å²) in [7, 11) is -1.91. The Kier molecular flexibility index (Phi) is 6.72. The summed E-state index contributed by atoms with van der Waals surface area (Å²) < 4.78 is 27.2. The zero-order chi connectivity index (χ0) is 20.0. The third kappa shape index (κ3) is 5.39. The molecule has 142 valence electrons. The number of nitriles is 1. The standard InChI is InChI=1S/C20H23N3O3S/c1-4-15(2)22-27(25,26)19-11-9-18(10-12-19)20(24)23(3)14-17-7-5-16(13-21)6-8-17/h5-12,15,22H,4,14H2,1-3H3. The molecule has 0 aliphatic heterocycles. The fourth-order valence-electron chi connectivity index (χ4n) is 2.44. The lowest BCUT2D eigenvalue weighted by Gasteiger charge is -2.18. The molecule has 0 radical (unpaired) electrons. The van der Waals surface area contributed by atoms with Gasteiger partial charge in [-0.1, -0.05) is 19.1 Å². The Balaban J connectivity index is 2.09. The minimum atomic E-state index is -3.59. The van der Waals surface area contributed by atoms with Gasteiger partial charge >= 0.3 is 0 Å². The summed E-state index contributed by atoms with van der Waals surface area (Å²) in [5.74, 6) is -0.210. The number of carbonyl (C=O) groups excluding carboxylic acids is 1. The van der Waals surface area contributed by atoms with Crippen LogP contribution >= 0.6 is 0 Å². The molecule has 0 aliphatic carbocycles. The predicted molar refractivity (Wildman–Crippen MR) is 103 cm³/mol. The molecular weight excluding hydrogens is 362 g/mol. The van der Waals surface area contributed by atoms with Crippen molar-refractivity contribution < 1.29 is 13.2 Å². The van der Waals surface area contributed by atoms with Gasteiger partial charge in [0.05, 0.1) is 16.5 Å². The summed E-state index contributed by atoms with van der Waals surface area (Å²) in [6, 6.07) is 14.8. The summed E-state index contributed by atoms with van der Waals surface area (Å²) in [4.78, 5) is 14.2. The third-order valence-electron chi connectivity index (χ3n) is 4.23. The van der Waals surface area contributed by atoms with Crippen molar-refractivity contribution in [3.63, 3.8) is 0 Å². The highest BCUT2D eigenvalue weighted by Crippen LogP contribution is 2.14. The normalized spacial score (nSPS) is 12.2. The highest BCUT2D eigenvalue weighted by Gasteiger charge is 2.18. The lowest BCUT2D eigenvalue weighted by Crippen LogP contribution is -2.32. The van der Waals surface area contributed by atoms with Crippen molar-refractivity contribution in [1.29, 1.82) is 5.26 Å². The fraction of sp³-hybridized carbons (Fsp3) is 0.300. The van der Waals surface area contributed by atoms with Crippen molar-refractivity contribution in [3.8, 4) is 6.07 Å². The van der Waals surface area contributed by atoms with Crippen LogP contribution in [0.4, 0.5) is 0 Å². The average molecular weight is 385 g/mol. The Morgan fingerprint density at radius 3 is 2.26 bits per heavy atom. The van der Waals surface area contributed by atoms with Gasteiger partial charge in [0.1, 0.15) is 0 Å². The molecule has 2 rings (SSSR count). The number of hydrogen-bond acceptors (Lipinski definition) is 4. The van der Waals surface area contributed by atoms with E-state index in [1.54, 1.807) is 43.1 Å². The van der Waals surface area contributed by atoms with Crippen LogP contribution in [0.25, 0.3) is 0 Å². The zero-order valence-electron chi connectivity index (χ0n) is 15.6. The van der Waals surface area contributed by atoms with Gasteiger partial charge in [0.25, 0.3) is 5.91 Å². The lowest BCUT2D eigenvalue weighted by molar-refractivity contribution is 0.0785. The van der Waals surface area contributed by atoms with Crippen LogP contribution in [0.15, 0.2) is 53.4 Å². The van der Waals surface area contributed by atoms with Crippen molar-refractivity contribution in [3.05, 3.63) is 65.2 Å². The largest absolute Gasteiger partial charge is 0.337 e. The second-order valence-corrected chi connectivity index (χ2v) is 8.14. The minimum Gasteiger partial charge on any atom is -0.337 e. The van der Waals surface area contributed by atoms with Crippen LogP contribution in [-0.4, -0.2) is 32.3 Å². The lowest BCUT2D eigenvalue weighted by atomic mass is 10.1. The maximum Gasteiger partial charge on any atom is 0.253 e. The molecule has 0 aromatic heterocycles. The molecule has 6 nitrogen and oxygen atoms in total. The van der Waals surface area contributed by atoms with E-state index in [4.69, 9.17) is 5.26 Å². The molecule has 0 fully saturated rings. The molecule has 27 heavy (non-hydrogen) atoms. The quantitative estimate of drug-likeness (QED) is 0.793. The van der Waals surface area contributed by atoms with Crippen molar-refractivity contribution in [1.82, 2.24) is 9.62 Å². The van der Waals surface area contributed by atoms with Gasteiger partial charge in [0.15, 0.2) is 0 Å². The molecule has 1 amide bonds. The molecule has 0 aliphatic rings. The van der Waals surface area contributed by atoms with Crippen LogP contribution in [0, 0.1) is 11.3 Å². The Bertz CT molecular complexity index is 930. The van der Waals surface area contributed by atoms with E-state index in [9.17, 15) is 13.2 Å². The second-order valence-electron chi connectivity index (χ2n) is 6.42.